The summed E-state index contributed by atoms with van der Waals surface area (Å²) in [6.07, 6.45) is 0.342. The van der Waals surface area contributed by atoms with Crippen LogP contribution < -0.4 is 5.82 Å². The van der Waals surface area contributed by atoms with Gasteiger partial charge >= 0.3 is 17.8 Å². The summed E-state index contributed by atoms with van der Waals surface area (Å²) in [6, 6.07) is 31.0. The van der Waals surface area contributed by atoms with Crippen LogP contribution in [0.15, 0.2) is 121 Å². The Morgan fingerprint density at radius 2 is 1.44 bits per heavy atom. The molecule has 0 N–H and O–H groups in total. The molecule has 0 aliphatic carbocycles. The van der Waals surface area contributed by atoms with Gasteiger partial charge in [-0.15, -0.1) is 0 Å². The maximum atomic E-state index is 15.0. The fourth-order valence-electron chi connectivity index (χ4n) is 6.20. The predicted molar refractivity (Wildman–Crippen MR) is 186 cm³/mol. The van der Waals surface area contributed by atoms with Crippen molar-refractivity contribution < 1.29 is 36.8 Å². The molecule has 0 amide bonds. The Kier molecular flexibility index (Phi) is 9.90. The van der Waals surface area contributed by atoms with Crippen molar-refractivity contribution in [2.24, 2.45) is 5.41 Å². The maximum Gasteiger partial charge on any atom is 0.519 e. The van der Waals surface area contributed by atoms with Crippen molar-refractivity contribution in [2.75, 3.05) is 13.1 Å². The molecule has 0 spiro atoms. The number of carbonyl (C=O) groups excluding carboxylic acids is 2. The number of carbonyl (C=O) groups is 2. The van der Waals surface area contributed by atoms with Crippen LogP contribution in [0.25, 0.3) is 34.0 Å². The zero-order chi connectivity index (χ0) is 36.1. The van der Waals surface area contributed by atoms with Gasteiger partial charge in [0.2, 0.25) is 5.82 Å². The van der Waals surface area contributed by atoms with Gasteiger partial charge in [-0.25, -0.2) is 9.18 Å². The van der Waals surface area contributed by atoms with E-state index in [4.69, 9.17) is 22.8 Å². The number of likely N-dealkylation sites (tertiary alicyclic amines) is 1. The molecule has 3 heterocycles. The lowest BCUT2D eigenvalue weighted by Gasteiger charge is -2.38. The van der Waals surface area contributed by atoms with Gasteiger partial charge in [0, 0.05) is 36.3 Å². The molecule has 4 aromatic carbocycles. The van der Waals surface area contributed by atoms with Crippen LogP contribution in [0.3, 0.4) is 0 Å². The minimum atomic E-state index is -1.53. The molecule has 264 valence electrons. The highest BCUT2D eigenvalue weighted by Gasteiger charge is 2.51. The monoisotopic (exact) mass is 703 g/mol. The van der Waals surface area contributed by atoms with Gasteiger partial charge in [0.25, 0.3) is 5.89 Å². The molecule has 0 radical (unpaired) electrons. The minimum absolute atomic E-state index is 0.0137. The number of aromatic nitrogens is 2. The van der Waals surface area contributed by atoms with Crippen LogP contribution in [0.2, 0.25) is 0 Å². The summed E-state index contributed by atoms with van der Waals surface area (Å²) >= 11 is 0. The number of benzene rings is 4. The van der Waals surface area contributed by atoms with E-state index in [0.29, 0.717) is 36.6 Å². The molecule has 11 nitrogen and oxygen atoms in total. The molecule has 1 fully saturated rings. The number of hydrogen-bond acceptors (Lipinski definition) is 11. The zero-order valence-corrected chi connectivity index (χ0v) is 28.3. The molecule has 0 atom stereocenters. The second-order valence-corrected chi connectivity index (χ2v) is 12.6. The predicted octanol–water partition coefficient (Wildman–Crippen LogP) is 7.13. The van der Waals surface area contributed by atoms with E-state index in [1.807, 2.05) is 84.9 Å². The van der Waals surface area contributed by atoms with E-state index in [2.05, 4.69) is 15.0 Å². The highest BCUT2D eigenvalue weighted by Crippen LogP contribution is 2.36. The number of hydrogen-bond donors (Lipinski definition) is 0. The quantitative estimate of drug-likeness (QED) is 0.101. The molecule has 1 saturated heterocycles. The van der Waals surface area contributed by atoms with Crippen molar-refractivity contribution in [3.8, 4) is 34.0 Å². The molecule has 0 unspecified atom stereocenters. The third-order valence-electron chi connectivity index (χ3n) is 9.22. The molecular formula is C40H34FN3O8. The Labute approximate surface area is 297 Å². The summed E-state index contributed by atoms with van der Waals surface area (Å²) in [5.74, 6) is -1.83. The standard InChI is InChI=1S/C40H34FN3O8/c1-26-34(51-39(47)50-26)25-49-38(46)40(37(45)48-24-28-8-4-2-5-9-28)18-20-44(21-19-40)23-27-12-14-30(15-13-27)35-42-36(52-43-35)31-16-17-32(33(41)22-31)29-10-6-3-7-11-29/h2-17,22H,18-21,23-25H2,1H3. The van der Waals surface area contributed by atoms with Gasteiger partial charge in [-0.05, 0) is 48.6 Å². The summed E-state index contributed by atoms with van der Waals surface area (Å²) in [4.78, 5) is 45.2. The molecule has 2 aromatic heterocycles. The molecule has 0 saturated carbocycles. The summed E-state index contributed by atoms with van der Waals surface area (Å²) < 4.78 is 41.4. The number of piperidine rings is 1. The van der Waals surface area contributed by atoms with Crippen LogP contribution in [0.4, 0.5) is 4.39 Å². The van der Waals surface area contributed by atoms with Crippen molar-refractivity contribution in [1.82, 2.24) is 15.0 Å². The summed E-state index contributed by atoms with van der Waals surface area (Å²) in [7, 11) is 0. The topological polar surface area (TPSA) is 138 Å². The average Bonchev–Trinajstić information content (AvgIpc) is 3.80. The van der Waals surface area contributed by atoms with Gasteiger partial charge in [0.1, 0.15) is 12.4 Å². The van der Waals surface area contributed by atoms with Gasteiger partial charge in [-0.1, -0.05) is 96.2 Å². The zero-order valence-electron chi connectivity index (χ0n) is 28.3. The van der Waals surface area contributed by atoms with Crippen LogP contribution in [0, 0.1) is 18.2 Å². The van der Waals surface area contributed by atoms with E-state index >= 15 is 0 Å². The Bertz CT molecular complexity index is 2220. The molecule has 12 heteroatoms. The van der Waals surface area contributed by atoms with Crippen LogP contribution in [-0.4, -0.2) is 40.1 Å². The number of esters is 2. The van der Waals surface area contributed by atoms with Gasteiger partial charge < -0.3 is 22.8 Å². The number of nitrogens with zero attached hydrogens (tertiary/aromatic N) is 3. The third kappa shape index (κ3) is 7.47. The van der Waals surface area contributed by atoms with E-state index in [9.17, 15) is 18.8 Å². The summed E-state index contributed by atoms with van der Waals surface area (Å²) in [6.45, 7) is 2.60. The van der Waals surface area contributed by atoms with Crippen LogP contribution in [0.1, 0.15) is 35.5 Å². The van der Waals surface area contributed by atoms with Gasteiger partial charge in [0.15, 0.2) is 23.5 Å². The third-order valence-corrected chi connectivity index (χ3v) is 9.22. The molecule has 1 aliphatic heterocycles. The average molecular weight is 704 g/mol. The number of rotatable bonds is 11. The van der Waals surface area contributed by atoms with Crippen molar-refractivity contribution in [3.63, 3.8) is 0 Å². The maximum absolute atomic E-state index is 15.0. The Balaban J connectivity index is 0.992. The van der Waals surface area contributed by atoms with Crippen LogP contribution in [0.5, 0.6) is 0 Å². The summed E-state index contributed by atoms with van der Waals surface area (Å²) in [5, 5.41) is 4.11. The van der Waals surface area contributed by atoms with Gasteiger partial charge in [-0.2, -0.15) is 4.98 Å². The second kappa shape index (κ2) is 15.0. The first-order chi connectivity index (χ1) is 25.3. The fraction of sp³-hybridized carbons (Fsp3) is 0.225. The molecule has 6 aromatic rings. The highest BCUT2D eigenvalue weighted by atomic mass is 19.1. The highest BCUT2D eigenvalue weighted by molar-refractivity contribution is 6.00. The van der Waals surface area contributed by atoms with E-state index in [1.165, 1.54) is 13.0 Å². The van der Waals surface area contributed by atoms with Crippen molar-refractivity contribution in [2.45, 2.75) is 39.5 Å². The van der Waals surface area contributed by atoms with Crippen LogP contribution >= 0.6 is 0 Å². The molecule has 7 rings (SSSR count). The molecule has 52 heavy (non-hydrogen) atoms. The number of halogens is 1. The Morgan fingerprint density at radius 1 is 0.788 bits per heavy atom. The minimum Gasteiger partial charge on any atom is -0.460 e. The number of aryl methyl sites for hydroxylation is 1. The lowest BCUT2D eigenvalue weighted by atomic mass is 9.78. The lowest BCUT2D eigenvalue weighted by molar-refractivity contribution is -0.178. The van der Waals surface area contributed by atoms with Gasteiger partial charge in [0.05, 0.1) is 0 Å². The van der Waals surface area contributed by atoms with Crippen molar-refractivity contribution >= 4 is 11.9 Å². The first-order valence-corrected chi connectivity index (χ1v) is 16.8. The lowest BCUT2D eigenvalue weighted by Crippen LogP contribution is -2.50. The van der Waals surface area contributed by atoms with E-state index in [-0.39, 0.29) is 49.3 Å². The van der Waals surface area contributed by atoms with Crippen LogP contribution in [-0.2, 0) is 38.8 Å². The van der Waals surface area contributed by atoms with E-state index < -0.39 is 23.2 Å². The Hall–Kier alpha value is -6.14. The molecule has 0 bridgehead atoms. The SMILES string of the molecule is Cc1oc(=O)oc1COC(=O)C1(C(=O)OCc2ccccc2)CCN(Cc2ccc(-c3noc(-c4ccc(-c5ccccc5)c(F)c4)n3)cc2)CC1. The smallest absolute Gasteiger partial charge is 0.460 e. The first-order valence-electron chi connectivity index (χ1n) is 16.8. The van der Waals surface area contributed by atoms with E-state index in [1.54, 1.807) is 12.1 Å². The van der Waals surface area contributed by atoms with E-state index in [0.717, 1.165) is 22.3 Å². The molecular weight excluding hydrogens is 669 g/mol. The second-order valence-electron chi connectivity index (χ2n) is 12.6. The summed E-state index contributed by atoms with van der Waals surface area (Å²) in [5.41, 5.74) is 2.72. The Morgan fingerprint density at radius 3 is 2.10 bits per heavy atom. The number of ether oxygens (including phenoxy) is 2. The van der Waals surface area contributed by atoms with Crippen molar-refractivity contribution in [1.29, 1.82) is 0 Å². The fourth-order valence-corrected chi connectivity index (χ4v) is 6.20. The normalized spacial score (nSPS) is 14.2. The molecule has 1 aliphatic rings. The first kappa shape index (κ1) is 34.3. The van der Waals surface area contributed by atoms with Gasteiger partial charge in [-0.3, -0.25) is 14.5 Å². The van der Waals surface area contributed by atoms with Crippen molar-refractivity contribution in [3.05, 3.63) is 142 Å². The largest absolute Gasteiger partial charge is 0.519 e.